The summed E-state index contributed by atoms with van der Waals surface area (Å²) in [5, 5.41) is 2.88. The molecule has 0 aliphatic carbocycles. The van der Waals surface area contributed by atoms with Gasteiger partial charge in [-0.2, -0.15) is 0 Å². The largest absolute Gasteiger partial charge is 0.479 e. The second kappa shape index (κ2) is 2.40. The van der Waals surface area contributed by atoms with Gasteiger partial charge in [0, 0.05) is 7.05 Å². The summed E-state index contributed by atoms with van der Waals surface area (Å²) in [7, 11) is 1.82. The molecule has 1 aliphatic rings. The Morgan fingerprint density at radius 3 is 3.00 bits per heavy atom. The topological polar surface area (TPSA) is 21.3 Å². The SMILES string of the molecule is CNC1=CC=CO[C]1. The lowest BCUT2D eigenvalue weighted by molar-refractivity contribution is 0.340. The molecule has 2 nitrogen and oxygen atoms in total. The zero-order valence-electron chi connectivity index (χ0n) is 4.64. The van der Waals surface area contributed by atoms with Crippen LogP contribution in [0.1, 0.15) is 0 Å². The second-order valence-electron chi connectivity index (χ2n) is 1.38. The van der Waals surface area contributed by atoms with Crippen LogP contribution in [0.3, 0.4) is 0 Å². The predicted octanol–water partition coefficient (Wildman–Crippen LogP) is 0.672. The number of hydrogen-bond acceptors (Lipinski definition) is 2. The number of hydrogen-bond donors (Lipinski definition) is 1. The summed E-state index contributed by atoms with van der Waals surface area (Å²) in [6.45, 7) is 2.63. The molecule has 1 aliphatic heterocycles. The van der Waals surface area contributed by atoms with Crippen molar-refractivity contribution >= 4 is 0 Å². The number of allylic oxidation sites excluding steroid dienone is 2. The van der Waals surface area contributed by atoms with Crippen LogP contribution >= 0.6 is 0 Å². The van der Waals surface area contributed by atoms with Gasteiger partial charge < -0.3 is 10.1 Å². The van der Waals surface area contributed by atoms with E-state index in [1.165, 1.54) is 0 Å². The smallest absolute Gasteiger partial charge is 0.246 e. The first kappa shape index (κ1) is 5.22. The van der Waals surface area contributed by atoms with Gasteiger partial charge in [-0.15, -0.1) is 0 Å². The average molecular weight is 109 g/mol. The van der Waals surface area contributed by atoms with E-state index >= 15 is 0 Å². The van der Waals surface area contributed by atoms with Crippen molar-refractivity contribution in [3.63, 3.8) is 0 Å². The van der Waals surface area contributed by atoms with Crippen LogP contribution in [-0.2, 0) is 4.74 Å². The molecule has 0 saturated heterocycles. The lowest BCUT2D eigenvalue weighted by atomic mass is 10.4. The van der Waals surface area contributed by atoms with Gasteiger partial charge in [0.05, 0.1) is 12.0 Å². The molecule has 0 atom stereocenters. The molecule has 2 radical (unpaired) electrons. The third-order valence-corrected chi connectivity index (χ3v) is 0.848. The van der Waals surface area contributed by atoms with Gasteiger partial charge in [-0.25, -0.2) is 0 Å². The standard InChI is InChI=1S/C6H7NO/c1-7-6-3-2-4-8-5-6/h2-4,7H,1H3. The second-order valence-corrected chi connectivity index (χ2v) is 1.38. The first-order valence-corrected chi connectivity index (χ1v) is 2.40. The highest BCUT2D eigenvalue weighted by molar-refractivity contribution is 5.18. The Hall–Kier alpha value is -0.920. The zero-order valence-corrected chi connectivity index (χ0v) is 4.64. The Morgan fingerprint density at radius 1 is 1.75 bits per heavy atom. The van der Waals surface area contributed by atoms with E-state index in [1.54, 1.807) is 6.26 Å². The Labute approximate surface area is 48.8 Å². The van der Waals surface area contributed by atoms with Crippen LogP contribution in [-0.4, -0.2) is 7.05 Å². The van der Waals surface area contributed by atoms with Gasteiger partial charge >= 0.3 is 0 Å². The van der Waals surface area contributed by atoms with E-state index < -0.39 is 0 Å². The molecule has 0 amide bonds. The maximum absolute atomic E-state index is 4.71. The minimum atomic E-state index is 0.868. The van der Waals surface area contributed by atoms with Crippen LogP contribution in [0.25, 0.3) is 0 Å². The molecule has 1 rings (SSSR count). The van der Waals surface area contributed by atoms with Crippen LogP contribution in [0.2, 0.25) is 0 Å². The number of likely N-dealkylation sites (N-methyl/N-ethyl adjacent to an activating group) is 1. The molecule has 1 N–H and O–H groups in total. The summed E-state index contributed by atoms with van der Waals surface area (Å²) >= 11 is 0. The average Bonchev–Trinajstić information content (AvgIpc) is 1.90. The van der Waals surface area contributed by atoms with Crippen molar-refractivity contribution in [3.05, 3.63) is 30.7 Å². The van der Waals surface area contributed by atoms with Gasteiger partial charge in [0.2, 0.25) is 6.61 Å². The molecule has 8 heavy (non-hydrogen) atoms. The van der Waals surface area contributed by atoms with Crippen LogP contribution < -0.4 is 5.32 Å². The summed E-state index contributed by atoms with van der Waals surface area (Å²) in [6, 6.07) is 0. The molecular weight excluding hydrogens is 102 g/mol. The van der Waals surface area contributed by atoms with Crippen LogP contribution in [0, 0.1) is 6.61 Å². The summed E-state index contributed by atoms with van der Waals surface area (Å²) < 4.78 is 4.71. The summed E-state index contributed by atoms with van der Waals surface area (Å²) in [6.07, 6.45) is 5.26. The van der Waals surface area contributed by atoms with E-state index in [-0.39, 0.29) is 0 Å². The van der Waals surface area contributed by atoms with E-state index in [9.17, 15) is 0 Å². The molecule has 1 heterocycles. The van der Waals surface area contributed by atoms with Crippen molar-refractivity contribution in [3.8, 4) is 0 Å². The molecule has 0 unspecified atom stereocenters. The molecule has 0 saturated carbocycles. The maximum Gasteiger partial charge on any atom is 0.246 e. The Morgan fingerprint density at radius 2 is 2.62 bits per heavy atom. The van der Waals surface area contributed by atoms with Gasteiger partial charge in [-0.05, 0) is 12.2 Å². The molecule has 0 fully saturated rings. The molecule has 2 heteroatoms. The highest BCUT2D eigenvalue weighted by atomic mass is 16.5. The number of ether oxygens (including phenoxy) is 1. The fourth-order valence-electron chi connectivity index (χ4n) is 0.441. The van der Waals surface area contributed by atoms with Crippen molar-refractivity contribution in [2.24, 2.45) is 0 Å². The van der Waals surface area contributed by atoms with Crippen LogP contribution in [0.4, 0.5) is 0 Å². The highest BCUT2D eigenvalue weighted by Crippen LogP contribution is 2.01. The normalized spacial score (nSPS) is 16.9. The Kier molecular flexibility index (Phi) is 1.57. The molecule has 0 aromatic carbocycles. The fourth-order valence-corrected chi connectivity index (χ4v) is 0.441. The van der Waals surface area contributed by atoms with Crippen LogP contribution in [0.5, 0.6) is 0 Å². The van der Waals surface area contributed by atoms with Gasteiger partial charge in [-0.1, -0.05) is 0 Å². The quantitative estimate of drug-likeness (QED) is 0.534. The predicted molar refractivity (Wildman–Crippen MR) is 30.6 cm³/mol. The van der Waals surface area contributed by atoms with E-state index in [1.807, 2.05) is 19.2 Å². The molecule has 0 aromatic heterocycles. The zero-order chi connectivity index (χ0) is 5.82. The Balaban J connectivity index is 2.50. The highest BCUT2D eigenvalue weighted by Gasteiger charge is 1.96. The minimum Gasteiger partial charge on any atom is -0.479 e. The minimum absolute atomic E-state index is 0.868. The van der Waals surface area contributed by atoms with Gasteiger partial charge in [0.15, 0.2) is 0 Å². The van der Waals surface area contributed by atoms with Crippen LogP contribution in [0.15, 0.2) is 24.1 Å². The van der Waals surface area contributed by atoms with Crippen molar-refractivity contribution in [1.82, 2.24) is 5.32 Å². The lowest BCUT2D eigenvalue weighted by Gasteiger charge is -2.05. The molecular formula is C6H7NO. The van der Waals surface area contributed by atoms with Gasteiger partial charge in [-0.3, -0.25) is 0 Å². The van der Waals surface area contributed by atoms with E-state index in [0.717, 1.165) is 5.70 Å². The number of rotatable bonds is 1. The summed E-state index contributed by atoms with van der Waals surface area (Å²) in [5.74, 6) is 0. The van der Waals surface area contributed by atoms with E-state index in [0.29, 0.717) is 0 Å². The van der Waals surface area contributed by atoms with Gasteiger partial charge in [0.1, 0.15) is 0 Å². The van der Waals surface area contributed by atoms with E-state index in [4.69, 9.17) is 4.74 Å². The summed E-state index contributed by atoms with van der Waals surface area (Å²) in [5.41, 5.74) is 0.868. The van der Waals surface area contributed by atoms with Crippen molar-refractivity contribution in [1.29, 1.82) is 0 Å². The molecule has 42 valence electrons. The summed E-state index contributed by atoms with van der Waals surface area (Å²) in [4.78, 5) is 0. The number of nitrogens with one attached hydrogen (secondary N) is 1. The van der Waals surface area contributed by atoms with Crippen molar-refractivity contribution in [2.75, 3.05) is 7.05 Å². The molecule has 0 aromatic rings. The fraction of sp³-hybridized carbons (Fsp3) is 0.167. The molecule has 0 spiro atoms. The monoisotopic (exact) mass is 109 g/mol. The van der Waals surface area contributed by atoms with E-state index in [2.05, 4.69) is 11.9 Å². The third kappa shape index (κ3) is 1.03. The Bertz CT molecular complexity index is 126. The third-order valence-electron chi connectivity index (χ3n) is 0.848. The maximum atomic E-state index is 4.71. The first-order chi connectivity index (χ1) is 3.93. The molecule has 0 bridgehead atoms. The van der Waals surface area contributed by atoms with Crippen molar-refractivity contribution in [2.45, 2.75) is 0 Å². The van der Waals surface area contributed by atoms with Crippen molar-refractivity contribution < 1.29 is 4.74 Å². The van der Waals surface area contributed by atoms with Gasteiger partial charge in [0.25, 0.3) is 0 Å². The first-order valence-electron chi connectivity index (χ1n) is 2.40. The lowest BCUT2D eigenvalue weighted by Crippen LogP contribution is -2.07.